The fourth-order valence-corrected chi connectivity index (χ4v) is 2.53. The van der Waals surface area contributed by atoms with Crippen molar-refractivity contribution in [2.24, 2.45) is 17.8 Å². The van der Waals surface area contributed by atoms with Gasteiger partial charge in [0.15, 0.2) is 6.61 Å². The van der Waals surface area contributed by atoms with E-state index in [-0.39, 0.29) is 6.10 Å². The van der Waals surface area contributed by atoms with E-state index in [9.17, 15) is 9.59 Å². The highest BCUT2D eigenvalue weighted by molar-refractivity contribution is 5.71. The Morgan fingerprint density at radius 3 is 2.56 bits per heavy atom. The van der Waals surface area contributed by atoms with Gasteiger partial charge in [0.2, 0.25) is 0 Å². The van der Waals surface area contributed by atoms with Crippen molar-refractivity contribution in [1.29, 1.82) is 0 Å². The zero-order chi connectivity index (χ0) is 13.7. The van der Waals surface area contributed by atoms with Crippen LogP contribution in [0.15, 0.2) is 0 Å². The molecule has 0 radical (unpaired) electrons. The molecule has 0 aromatic heterocycles. The van der Waals surface area contributed by atoms with E-state index < -0.39 is 18.7 Å². The zero-order valence-corrected chi connectivity index (χ0v) is 11.2. The molecule has 0 amide bonds. The summed E-state index contributed by atoms with van der Waals surface area (Å²) in [5.74, 6) is 0.120. The summed E-state index contributed by atoms with van der Waals surface area (Å²) in [4.78, 5) is 21.7. The molecule has 5 nitrogen and oxygen atoms in total. The standard InChI is InChI=1S/C13H22O5/c1-8(2)10-5-4-9(3)6-11(10)18-13(16)17-7-12(14)15/h8-11H,4-7H2,1-3H3,(H,14,15)/t9?,10-,11?/m1/s1. The Labute approximate surface area is 107 Å². The molecule has 1 aliphatic carbocycles. The number of hydrogen-bond acceptors (Lipinski definition) is 4. The van der Waals surface area contributed by atoms with E-state index in [0.717, 1.165) is 19.3 Å². The van der Waals surface area contributed by atoms with Crippen molar-refractivity contribution in [3.63, 3.8) is 0 Å². The molecule has 5 heteroatoms. The summed E-state index contributed by atoms with van der Waals surface area (Å²) in [7, 11) is 0. The largest absolute Gasteiger partial charge is 0.509 e. The Bertz CT molecular complexity index is 300. The van der Waals surface area contributed by atoms with Crippen LogP contribution in [0.3, 0.4) is 0 Å². The van der Waals surface area contributed by atoms with E-state index in [0.29, 0.717) is 17.8 Å². The van der Waals surface area contributed by atoms with Gasteiger partial charge in [-0.05, 0) is 30.6 Å². The molecule has 0 aromatic rings. The van der Waals surface area contributed by atoms with Gasteiger partial charge < -0.3 is 14.6 Å². The van der Waals surface area contributed by atoms with Gasteiger partial charge in [0.05, 0.1) is 0 Å². The van der Waals surface area contributed by atoms with Crippen LogP contribution >= 0.6 is 0 Å². The fourth-order valence-electron chi connectivity index (χ4n) is 2.53. The van der Waals surface area contributed by atoms with Crippen LogP contribution in [0.25, 0.3) is 0 Å². The summed E-state index contributed by atoms with van der Waals surface area (Å²) in [5, 5.41) is 8.42. The molecule has 0 aromatic carbocycles. The molecule has 104 valence electrons. The summed E-state index contributed by atoms with van der Waals surface area (Å²) < 4.78 is 9.77. The molecule has 18 heavy (non-hydrogen) atoms. The first-order valence-corrected chi connectivity index (χ1v) is 6.45. The van der Waals surface area contributed by atoms with Crippen molar-refractivity contribution in [1.82, 2.24) is 0 Å². The Balaban J connectivity index is 2.49. The molecule has 1 saturated carbocycles. The first kappa shape index (κ1) is 14.8. The Kier molecular flexibility index (Phi) is 5.44. The van der Waals surface area contributed by atoms with Crippen LogP contribution in [-0.2, 0) is 14.3 Å². The number of carboxylic acids is 1. The summed E-state index contributed by atoms with van der Waals surface area (Å²) in [5.41, 5.74) is 0. The average Bonchev–Trinajstić information content (AvgIpc) is 2.26. The lowest BCUT2D eigenvalue weighted by atomic mass is 9.75. The number of rotatable bonds is 4. The monoisotopic (exact) mass is 258 g/mol. The normalized spacial score (nSPS) is 27.9. The predicted molar refractivity (Wildman–Crippen MR) is 65.2 cm³/mol. The first-order valence-electron chi connectivity index (χ1n) is 6.45. The van der Waals surface area contributed by atoms with Crippen molar-refractivity contribution in [3.8, 4) is 0 Å². The van der Waals surface area contributed by atoms with Gasteiger partial charge in [-0.25, -0.2) is 9.59 Å². The van der Waals surface area contributed by atoms with E-state index >= 15 is 0 Å². The smallest absolute Gasteiger partial charge is 0.479 e. The van der Waals surface area contributed by atoms with Crippen molar-refractivity contribution in [3.05, 3.63) is 0 Å². The quantitative estimate of drug-likeness (QED) is 0.785. The number of aliphatic carboxylic acids is 1. The molecule has 0 heterocycles. The SMILES string of the molecule is CC1CC[C@H](C(C)C)C(OC(=O)OCC(=O)O)C1. The molecule has 0 aliphatic heterocycles. The van der Waals surface area contributed by atoms with Gasteiger partial charge in [-0.3, -0.25) is 0 Å². The molecule has 1 aliphatic rings. The van der Waals surface area contributed by atoms with Crippen molar-refractivity contribution in [2.45, 2.75) is 46.1 Å². The molecule has 0 spiro atoms. The molecule has 2 unspecified atom stereocenters. The highest BCUT2D eigenvalue weighted by Gasteiger charge is 2.33. The Morgan fingerprint density at radius 1 is 1.33 bits per heavy atom. The third kappa shape index (κ3) is 4.55. The van der Waals surface area contributed by atoms with Gasteiger partial charge in [-0.1, -0.05) is 27.2 Å². The number of carbonyl (C=O) groups excluding carboxylic acids is 1. The minimum absolute atomic E-state index is 0.157. The Morgan fingerprint density at radius 2 is 2.00 bits per heavy atom. The van der Waals surface area contributed by atoms with Crippen LogP contribution in [0, 0.1) is 17.8 Å². The summed E-state index contributed by atoms with van der Waals surface area (Å²) in [6, 6.07) is 0. The minimum atomic E-state index is -1.18. The number of carbonyl (C=O) groups is 2. The predicted octanol–water partition coefficient (Wildman–Crippen LogP) is 2.69. The van der Waals surface area contributed by atoms with Gasteiger partial charge in [0, 0.05) is 0 Å². The highest BCUT2D eigenvalue weighted by Crippen LogP contribution is 2.35. The van der Waals surface area contributed by atoms with Crippen molar-refractivity contribution < 1.29 is 24.2 Å². The highest BCUT2D eigenvalue weighted by atomic mass is 16.7. The van der Waals surface area contributed by atoms with Crippen LogP contribution in [0.5, 0.6) is 0 Å². The maximum atomic E-state index is 11.4. The average molecular weight is 258 g/mol. The second-order valence-electron chi connectivity index (χ2n) is 5.41. The van der Waals surface area contributed by atoms with Crippen LogP contribution < -0.4 is 0 Å². The van der Waals surface area contributed by atoms with E-state index in [2.05, 4.69) is 25.5 Å². The molecule has 0 saturated heterocycles. The van der Waals surface area contributed by atoms with E-state index in [1.807, 2.05) is 0 Å². The summed E-state index contributed by atoms with van der Waals surface area (Å²) >= 11 is 0. The van der Waals surface area contributed by atoms with Crippen molar-refractivity contribution >= 4 is 12.1 Å². The minimum Gasteiger partial charge on any atom is -0.479 e. The number of carboxylic acid groups (broad SMARTS) is 1. The van der Waals surface area contributed by atoms with Crippen LogP contribution in [0.2, 0.25) is 0 Å². The van der Waals surface area contributed by atoms with Gasteiger partial charge in [0.1, 0.15) is 6.10 Å². The fraction of sp³-hybridized carbons (Fsp3) is 0.846. The van der Waals surface area contributed by atoms with E-state index in [4.69, 9.17) is 9.84 Å². The number of ether oxygens (including phenoxy) is 2. The van der Waals surface area contributed by atoms with Crippen LogP contribution in [0.1, 0.15) is 40.0 Å². The molecule has 1 N–H and O–H groups in total. The molecular formula is C13H22O5. The van der Waals surface area contributed by atoms with Gasteiger partial charge in [-0.15, -0.1) is 0 Å². The molecule has 3 atom stereocenters. The maximum Gasteiger partial charge on any atom is 0.509 e. The van der Waals surface area contributed by atoms with Crippen LogP contribution in [-0.4, -0.2) is 29.9 Å². The van der Waals surface area contributed by atoms with Gasteiger partial charge in [0.25, 0.3) is 0 Å². The lowest BCUT2D eigenvalue weighted by molar-refractivity contribution is -0.141. The Hall–Kier alpha value is -1.26. The molecule has 0 bridgehead atoms. The summed E-state index contributed by atoms with van der Waals surface area (Å²) in [6.07, 6.45) is 1.98. The van der Waals surface area contributed by atoms with Gasteiger partial charge >= 0.3 is 12.1 Å². The molecular weight excluding hydrogens is 236 g/mol. The third-order valence-electron chi connectivity index (χ3n) is 3.52. The first-order chi connectivity index (χ1) is 8.40. The lowest BCUT2D eigenvalue weighted by Gasteiger charge is -2.36. The van der Waals surface area contributed by atoms with Crippen molar-refractivity contribution in [2.75, 3.05) is 6.61 Å². The second kappa shape index (κ2) is 6.61. The number of hydrogen-bond donors (Lipinski definition) is 1. The summed E-state index contributed by atoms with van der Waals surface area (Å²) in [6.45, 7) is 5.71. The van der Waals surface area contributed by atoms with Crippen LogP contribution in [0.4, 0.5) is 4.79 Å². The lowest BCUT2D eigenvalue weighted by Crippen LogP contribution is -2.36. The van der Waals surface area contributed by atoms with E-state index in [1.54, 1.807) is 0 Å². The molecule has 1 fully saturated rings. The zero-order valence-electron chi connectivity index (χ0n) is 11.2. The van der Waals surface area contributed by atoms with E-state index in [1.165, 1.54) is 0 Å². The second-order valence-corrected chi connectivity index (χ2v) is 5.41. The maximum absolute atomic E-state index is 11.4. The topological polar surface area (TPSA) is 72.8 Å². The van der Waals surface area contributed by atoms with Gasteiger partial charge in [-0.2, -0.15) is 0 Å². The third-order valence-corrected chi connectivity index (χ3v) is 3.52. The molecule has 1 rings (SSSR count).